The third-order valence-electron chi connectivity index (χ3n) is 5.43. The minimum absolute atomic E-state index is 0.0682. The van der Waals surface area contributed by atoms with Crippen molar-refractivity contribution in [3.63, 3.8) is 0 Å². The predicted octanol–water partition coefficient (Wildman–Crippen LogP) is 3.90. The molecule has 1 fully saturated rings. The number of carbonyl (C=O) groups is 2. The Hall–Kier alpha value is -2.90. The van der Waals surface area contributed by atoms with Crippen LogP contribution in [0.25, 0.3) is 0 Å². The van der Waals surface area contributed by atoms with Crippen molar-refractivity contribution in [2.24, 2.45) is 11.8 Å². The quantitative estimate of drug-likeness (QED) is 0.747. The van der Waals surface area contributed by atoms with Gasteiger partial charge in [-0.2, -0.15) is 10.2 Å². The second-order valence-corrected chi connectivity index (χ2v) is 8.54. The van der Waals surface area contributed by atoms with Crippen molar-refractivity contribution >= 4 is 23.5 Å². The Kier molecular flexibility index (Phi) is 7.07. The van der Waals surface area contributed by atoms with Gasteiger partial charge in [0.2, 0.25) is 11.8 Å². The van der Waals surface area contributed by atoms with Crippen LogP contribution < -0.4 is 10.6 Å². The van der Waals surface area contributed by atoms with Crippen molar-refractivity contribution in [2.75, 3.05) is 10.6 Å². The molecular weight excluding hydrogens is 380 g/mol. The van der Waals surface area contributed by atoms with Gasteiger partial charge in [-0.3, -0.25) is 9.59 Å². The average Bonchev–Trinajstić information content (AvgIpc) is 2.74. The highest BCUT2D eigenvalue weighted by atomic mass is 16.2. The molecule has 1 aliphatic rings. The fourth-order valence-electron chi connectivity index (χ4n) is 3.52. The lowest BCUT2D eigenvalue weighted by atomic mass is 9.78. The Labute approximate surface area is 177 Å². The summed E-state index contributed by atoms with van der Waals surface area (Å²) >= 11 is 0. The fourth-order valence-corrected chi connectivity index (χ4v) is 3.52. The van der Waals surface area contributed by atoms with E-state index in [4.69, 9.17) is 0 Å². The van der Waals surface area contributed by atoms with Gasteiger partial charge in [0.15, 0.2) is 11.6 Å². The summed E-state index contributed by atoms with van der Waals surface area (Å²) in [7, 11) is 0. The Bertz CT molecular complexity index is 793. The van der Waals surface area contributed by atoms with Crippen LogP contribution in [0.4, 0.5) is 11.6 Å². The van der Waals surface area contributed by atoms with Crippen LogP contribution in [-0.2, 0) is 9.59 Å². The maximum absolute atomic E-state index is 11.8. The molecule has 1 saturated carbocycles. The van der Waals surface area contributed by atoms with Crippen LogP contribution in [0.3, 0.4) is 0 Å². The van der Waals surface area contributed by atoms with Crippen LogP contribution in [0, 0.1) is 11.8 Å². The summed E-state index contributed by atoms with van der Waals surface area (Å²) in [5, 5.41) is 22.6. The molecule has 2 aromatic heterocycles. The Morgan fingerprint density at radius 2 is 1.20 bits per heavy atom. The number of carbonyl (C=O) groups excluding carboxylic acids is 2. The first kappa shape index (κ1) is 21.8. The molecule has 8 nitrogen and oxygen atoms in total. The molecule has 1 aliphatic carbocycles. The topological polar surface area (TPSA) is 110 Å². The summed E-state index contributed by atoms with van der Waals surface area (Å²) in [4.78, 5) is 23.6. The van der Waals surface area contributed by atoms with Gasteiger partial charge in [-0.25, -0.2) is 0 Å². The van der Waals surface area contributed by atoms with Crippen LogP contribution in [0.2, 0.25) is 0 Å². The molecule has 2 atom stereocenters. The number of anilines is 2. The zero-order chi connectivity index (χ0) is 21.7. The van der Waals surface area contributed by atoms with Crippen LogP contribution in [0.5, 0.6) is 0 Å². The number of amides is 2. The Morgan fingerprint density at radius 3 is 1.53 bits per heavy atom. The summed E-state index contributed by atoms with van der Waals surface area (Å²) in [5.41, 5.74) is 1.88. The Morgan fingerprint density at radius 1 is 0.767 bits per heavy atom. The standard InChI is InChI=1S/C22H30N6O2/c1-13(2)21(29)23-19-10-8-17(25-27-19)15-6-5-7-16(12-15)18-9-11-20(28-26-18)24-22(30)14(3)4/h8-11,13-16H,5-7,12H2,1-4H3,(H,23,27,29)(H,24,28,30). The molecule has 2 unspecified atom stereocenters. The van der Waals surface area contributed by atoms with Gasteiger partial charge in [0, 0.05) is 23.7 Å². The highest BCUT2D eigenvalue weighted by Gasteiger charge is 2.27. The molecule has 2 heterocycles. The summed E-state index contributed by atoms with van der Waals surface area (Å²) < 4.78 is 0. The van der Waals surface area contributed by atoms with E-state index < -0.39 is 0 Å². The van der Waals surface area contributed by atoms with E-state index in [1.807, 2.05) is 52.0 Å². The lowest BCUT2D eigenvalue weighted by molar-refractivity contribution is -0.119. The van der Waals surface area contributed by atoms with E-state index >= 15 is 0 Å². The van der Waals surface area contributed by atoms with Gasteiger partial charge in [0.05, 0.1) is 11.4 Å². The van der Waals surface area contributed by atoms with Crippen molar-refractivity contribution in [1.29, 1.82) is 0 Å². The first-order chi connectivity index (χ1) is 14.3. The first-order valence-electron chi connectivity index (χ1n) is 10.6. The smallest absolute Gasteiger partial charge is 0.228 e. The summed E-state index contributed by atoms with van der Waals surface area (Å²) in [6, 6.07) is 7.54. The molecule has 0 aliphatic heterocycles. The van der Waals surface area contributed by atoms with Crippen molar-refractivity contribution in [3.05, 3.63) is 35.7 Å². The van der Waals surface area contributed by atoms with Crippen LogP contribution in [0.1, 0.15) is 76.6 Å². The summed E-state index contributed by atoms with van der Waals surface area (Å²) in [6.07, 6.45) is 4.12. The second-order valence-electron chi connectivity index (χ2n) is 8.54. The van der Waals surface area contributed by atoms with E-state index in [-0.39, 0.29) is 23.7 Å². The third kappa shape index (κ3) is 5.58. The van der Waals surface area contributed by atoms with E-state index in [0.29, 0.717) is 23.5 Å². The van der Waals surface area contributed by atoms with E-state index in [0.717, 1.165) is 37.1 Å². The molecule has 0 spiro atoms. The lowest BCUT2D eigenvalue weighted by Crippen LogP contribution is -2.20. The molecule has 2 aromatic rings. The number of rotatable bonds is 6. The zero-order valence-electron chi connectivity index (χ0n) is 18.1. The number of hydrogen-bond donors (Lipinski definition) is 2. The van der Waals surface area contributed by atoms with Gasteiger partial charge >= 0.3 is 0 Å². The number of nitrogens with zero attached hydrogens (tertiary/aromatic N) is 4. The molecule has 2 N–H and O–H groups in total. The van der Waals surface area contributed by atoms with E-state index in [1.165, 1.54) is 0 Å². The molecular formula is C22H30N6O2. The minimum Gasteiger partial charge on any atom is -0.309 e. The predicted molar refractivity (Wildman–Crippen MR) is 115 cm³/mol. The van der Waals surface area contributed by atoms with Crippen LogP contribution >= 0.6 is 0 Å². The maximum atomic E-state index is 11.8. The zero-order valence-corrected chi connectivity index (χ0v) is 18.1. The van der Waals surface area contributed by atoms with Gasteiger partial charge in [-0.15, -0.1) is 10.2 Å². The van der Waals surface area contributed by atoms with E-state index in [2.05, 4.69) is 31.0 Å². The van der Waals surface area contributed by atoms with Gasteiger partial charge in [-0.05, 0) is 43.5 Å². The van der Waals surface area contributed by atoms with Crippen molar-refractivity contribution in [2.45, 2.75) is 65.2 Å². The van der Waals surface area contributed by atoms with Crippen molar-refractivity contribution in [3.8, 4) is 0 Å². The SMILES string of the molecule is CC(C)C(=O)Nc1ccc(C2CCCC(c3ccc(NC(=O)C(C)C)nn3)C2)nn1. The largest absolute Gasteiger partial charge is 0.309 e. The second kappa shape index (κ2) is 9.73. The molecule has 30 heavy (non-hydrogen) atoms. The lowest BCUT2D eigenvalue weighted by Gasteiger charge is -2.28. The van der Waals surface area contributed by atoms with Crippen LogP contribution in [-0.4, -0.2) is 32.2 Å². The number of nitrogens with one attached hydrogen (secondary N) is 2. The van der Waals surface area contributed by atoms with E-state index in [1.54, 1.807) is 0 Å². The van der Waals surface area contributed by atoms with Gasteiger partial charge in [-0.1, -0.05) is 34.1 Å². The molecule has 2 amide bonds. The monoisotopic (exact) mass is 410 g/mol. The summed E-state index contributed by atoms with van der Waals surface area (Å²) in [5.74, 6) is 1.22. The Balaban J connectivity index is 1.62. The molecule has 0 aromatic carbocycles. The number of aromatic nitrogens is 4. The van der Waals surface area contributed by atoms with Crippen LogP contribution in [0.15, 0.2) is 24.3 Å². The maximum Gasteiger partial charge on any atom is 0.228 e. The van der Waals surface area contributed by atoms with Crippen molar-refractivity contribution < 1.29 is 9.59 Å². The van der Waals surface area contributed by atoms with Crippen molar-refractivity contribution in [1.82, 2.24) is 20.4 Å². The highest BCUT2D eigenvalue weighted by Crippen LogP contribution is 2.40. The molecule has 8 heteroatoms. The van der Waals surface area contributed by atoms with Gasteiger partial charge in [0.25, 0.3) is 0 Å². The highest BCUT2D eigenvalue weighted by molar-refractivity contribution is 5.91. The fraction of sp³-hybridized carbons (Fsp3) is 0.545. The average molecular weight is 411 g/mol. The normalized spacial score (nSPS) is 19.0. The minimum atomic E-state index is -0.100. The summed E-state index contributed by atoms with van der Waals surface area (Å²) in [6.45, 7) is 7.36. The van der Waals surface area contributed by atoms with Gasteiger partial charge < -0.3 is 10.6 Å². The molecule has 160 valence electrons. The molecule has 3 rings (SSSR count). The van der Waals surface area contributed by atoms with E-state index in [9.17, 15) is 9.59 Å². The first-order valence-corrected chi connectivity index (χ1v) is 10.6. The third-order valence-corrected chi connectivity index (χ3v) is 5.43. The molecule has 0 saturated heterocycles. The molecule has 0 bridgehead atoms. The van der Waals surface area contributed by atoms with Gasteiger partial charge in [0.1, 0.15) is 0 Å². The number of hydrogen-bond acceptors (Lipinski definition) is 6. The molecule has 0 radical (unpaired) electrons.